The highest BCUT2D eigenvalue weighted by Gasteiger charge is 2.19. The van der Waals surface area contributed by atoms with Gasteiger partial charge in [-0.05, 0) is 37.3 Å². The highest BCUT2D eigenvalue weighted by Crippen LogP contribution is 2.31. The molecule has 2 N–H and O–H groups in total. The number of nitrogens with zero attached hydrogens (tertiary/aromatic N) is 2. The smallest absolute Gasteiger partial charge is 0.115 e. The van der Waals surface area contributed by atoms with E-state index in [1.807, 2.05) is 18.3 Å². The van der Waals surface area contributed by atoms with Crippen LogP contribution < -0.4 is 5.73 Å². The molecule has 88 valence electrons. The third-order valence-electron chi connectivity index (χ3n) is 3.17. The van der Waals surface area contributed by atoms with Crippen molar-refractivity contribution in [2.24, 2.45) is 5.73 Å². The van der Waals surface area contributed by atoms with Crippen LogP contribution in [0.15, 0.2) is 24.5 Å². The molecule has 0 aliphatic heterocycles. The quantitative estimate of drug-likeness (QED) is 0.884. The van der Waals surface area contributed by atoms with Crippen molar-refractivity contribution in [1.82, 2.24) is 9.97 Å². The van der Waals surface area contributed by atoms with Crippen molar-refractivity contribution < 1.29 is 0 Å². The maximum Gasteiger partial charge on any atom is 0.115 e. The molecule has 3 rings (SSSR count). The minimum absolute atomic E-state index is 0.126. The summed E-state index contributed by atoms with van der Waals surface area (Å²) in [5.74, 6) is 0. The number of rotatable bonds is 2. The van der Waals surface area contributed by atoms with Crippen LogP contribution in [0.1, 0.15) is 40.0 Å². The lowest BCUT2D eigenvalue weighted by Gasteiger charge is -2.07. The fraction of sp³-hybridized carbons (Fsp3) is 0.385. The van der Waals surface area contributed by atoms with Crippen molar-refractivity contribution in [3.63, 3.8) is 0 Å². The molecule has 0 spiro atoms. The first-order chi connectivity index (χ1) is 8.34. The zero-order valence-corrected chi connectivity index (χ0v) is 10.4. The summed E-state index contributed by atoms with van der Waals surface area (Å²) in [7, 11) is 0. The van der Waals surface area contributed by atoms with E-state index in [9.17, 15) is 0 Å². The highest BCUT2D eigenvalue weighted by molar-refractivity contribution is 7.11. The van der Waals surface area contributed by atoms with Gasteiger partial charge in [0.15, 0.2) is 0 Å². The standard InChI is InChI=1S/C13H15N3S/c14-12(9-4-3-7-15-8-9)13-16-10-5-1-2-6-11(10)17-13/h3-4,7-8,12H,1-2,5-6,14H2. The summed E-state index contributed by atoms with van der Waals surface area (Å²) in [4.78, 5) is 10.2. The van der Waals surface area contributed by atoms with Gasteiger partial charge in [-0.2, -0.15) is 0 Å². The molecular formula is C13H15N3S. The molecule has 0 saturated carbocycles. The lowest BCUT2D eigenvalue weighted by atomic mass is 10.0. The summed E-state index contributed by atoms with van der Waals surface area (Å²) in [5, 5.41) is 1.03. The molecular weight excluding hydrogens is 230 g/mol. The Morgan fingerprint density at radius 2 is 2.18 bits per heavy atom. The molecule has 17 heavy (non-hydrogen) atoms. The SMILES string of the molecule is NC(c1cccnc1)c1nc2c(s1)CCCC2. The first-order valence-electron chi connectivity index (χ1n) is 5.98. The largest absolute Gasteiger partial charge is 0.318 e. The van der Waals surface area contributed by atoms with E-state index in [0.29, 0.717) is 0 Å². The first kappa shape index (κ1) is 10.9. The van der Waals surface area contributed by atoms with Gasteiger partial charge in [-0.25, -0.2) is 4.98 Å². The Kier molecular flexibility index (Phi) is 2.91. The molecule has 0 saturated heterocycles. The summed E-state index contributed by atoms with van der Waals surface area (Å²) in [6.45, 7) is 0. The van der Waals surface area contributed by atoms with Gasteiger partial charge in [0.1, 0.15) is 5.01 Å². The lowest BCUT2D eigenvalue weighted by Crippen LogP contribution is -2.11. The van der Waals surface area contributed by atoms with Crippen LogP contribution in [0.4, 0.5) is 0 Å². The van der Waals surface area contributed by atoms with E-state index in [-0.39, 0.29) is 6.04 Å². The Hall–Kier alpha value is -1.26. The van der Waals surface area contributed by atoms with Crippen LogP contribution in [0.25, 0.3) is 0 Å². The van der Waals surface area contributed by atoms with Crippen LogP contribution in [-0.4, -0.2) is 9.97 Å². The first-order valence-corrected chi connectivity index (χ1v) is 6.80. The summed E-state index contributed by atoms with van der Waals surface area (Å²) >= 11 is 1.77. The lowest BCUT2D eigenvalue weighted by molar-refractivity contribution is 0.678. The van der Waals surface area contributed by atoms with Crippen molar-refractivity contribution >= 4 is 11.3 Å². The average molecular weight is 245 g/mol. The van der Waals surface area contributed by atoms with Gasteiger partial charge in [0, 0.05) is 17.3 Å². The van der Waals surface area contributed by atoms with Crippen molar-refractivity contribution in [1.29, 1.82) is 0 Å². The van der Waals surface area contributed by atoms with E-state index in [1.54, 1.807) is 17.5 Å². The van der Waals surface area contributed by atoms with Crippen LogP contribution >= 0.6 is 11.3 Å². The minimum atomic E-state index is -0.126. The maximum atomic E-state index is 6.24. The number of aromatic nitrogens is 2. The Bertz CT molecular complexity index is 483. The number of fused-ring (bicyclic) bond motifs is 1. The zero-order chi connectivity index (χ0) is 11.7. The molecule has 0 fully saturated rings. The van der Waals surface area contributed by atoms with Gasteiger partial charge in [0.25, 0.3) is 0 Å². The van der Waals surface area contributed by atoms with Gasteiger partial charge < -0.3 is 5.73 Å². The summed E-state index contributed by atoms with van der Waals surface area (Å²) in [6, 6.07) is 3.81. The third kappa shape index (κ3) is 2.10. The van der Waals surface area contributed by atoms with E-state index in [1.165, 1.54) is 29.8 Å². The molecule has 2 aromatic heterocycles. The van der Waals surface area contributed by atoms with Gasteiger partial charge in [0.05, 0.1) is 11.7 Å². The van der Waals surface area contributed by atoms with Crippen molar-refractivity contribution in [2.45, 2.75) is 31.7 Å². The highest BCUT2D eigenvalue weighted by atomic mass is 32.1. The number of thiazole rings is 1. The molecule has 2 heterocycles. The summed E-state index contributed by atoms with van der Waals surface area (Å²) in [6.07, 6.45) is 8.43. The number of pyridine rings is 1. The molecule has 0 radical (unpaired) electrons. The second-order valence-corrected chi connectivity index (χ2v) is 5.51. The molecule has 4 heteroatoms. The van der Waals surface area contributed by atoms with Gasteiger partial charge in [-0.15, -0.1) is 11.3 Å². The molecule has 0 aromatic carbocycles. The maximum absolute atomic E-state index is 6.24. The predicted molar refractivity (Wildman–Crippen MR) is 69.0 cm³/mol. The predicted octanol–water partition coefficient (Wildman–Crippen LogP) is 2.47. The molecule has 0 bridgehead atoms. The van der Waals surface area contributed by atoms with Crippen LogP contribution in [0.5, 0.6) is 0 Å². The topological polar surface area (TPSA) is 51.8 Å². The molecule has 0 amide bonds. The van der Waals surface area contributed by atoms with Crippen LogP contribution in [0.2, 0.25) is 0 Å². The Labute approximate surface area is 105 Å². The van der Waals surface area contributed by atoms with Gasteiger partial charge in [0.2, 0.25) is 0 Å². The minimum Gasteiger partial charge on any atom is -0.318 e. The Morgan fingerprint density at radius 3 is 2.94 bits per heavy atom. The van der Waals surface area contributed by atoms with E-state index >= 15 is 0 Å². The third-order valence-corrected chi connectivity index (χ3v) is 4.41. The van der Waals surface area contributed by atoms with E-state index in [4.69, 9.17) is 10.7 Å². The van der Waals surface area contributed by atoms with E-state index < -0.39 is 0 Å². The zero-order valence-electron chi connectivity index (χ0n) is 9.60. The number of aryl methyl sites for hydroxylation is 2. The molecule has 1 atom stereocenters. The monoisotopic (exact) mass is 245 g/mol. The van der Waals surface area contributed by atoms with Crippen molar-refractivity contribution in [2.75, 3.05) is 0 Å². The summed E-state index contributed by atoms with van der Waals surface area (Å²) in [5.41, 5.74) is 8.55. The van der Waals surface area contributed by atoms with Gasteiger partial charge >= 0.3 is 0 Å². The average Bonchev–Trinajstić information content (AvgIpc) is 2.82. The van der Waals surface area contributed by atoms with Crippen molar-refractivity contribution in [3.8, 4) is 0 Å². The van der Waals surface area contributed by atoms with Crippen LogP contribution in [-0.2, 0) is 12.8 Å². The number of nitrogens with two attached hydrogens (primary N) is 1. The molecule has 2 aromatic rings. The second kappa shape index (κ2) is 4.55. The normalized spacial score (nSPS) is 16.5. The molecule has 3 nitrogen and oxygen atoms in total. The second-order valence-electron chi connectivity index (χ2n) is 4.39. The van der Waals surface area contributed by atoms with E-state index in [2.05, 4.69) is 4.98 Å². The molecule has 1 aliphatic rings. The van der Waals surface area contributed by atoms with Crippen molar-refractivity contribution in [3.05, 3.63) is 45.7 Å². The Morgan fingerprint density at radius 1 is 1.29 bits per heavy atom. The Balaban J connectivity index is 1.91. The summed E-state index contributed by atoms with van der Waals surface area (Å²) < 4.78 is 0. The van der Waals surface area contributed by atoms with Gasteiger partial charge in [-0.3, -0.25) is 4.98 Å². The molecule has 1 aliphatic carbocycles. The van der Waals surface area contributed by atoms with E-state index in [0.717, 1.165) is 17.0 Å². The van der Waals surface area contributed by atoms with Gasteiger partial charge in [-0.1, -0.05) is 6.07 Å². The number of hydrogen-bond donors (Lipinski definition) is 1. The van der Waals surface area contributed by atoms with Crippen LogP contribution in [0, 0.1) is 0 Å². The fourth-order valence-electron chi connectivity index (χ4n) is 2.21. The van der Waals surface area contributed by atoms with Crippen LogP contribution in [0.3, 0.4) is 0 Å². The molecule has 1 unspecified atom stereocenters. The fourth-order valence-corrected chi connectivity index (χ4v) is 3.39. The number of hydrogen-bond acceptors (Lipinski definition) is 4.